The molecule has 0 spiro atoms. The maximum absolute atomic E-state index is 13.3. The summed E-state index contributed by atoms with van der Waals surface area (Å²) in [6.07, 6.45) is 0.785. The number of hydrogen-bond acceptors (Lipinski definition) is 2. The molecule has 1 unspecified atom stereocenters. The number of rotatable bonds is 3. The van der Waals surface area contributed by atoms with Crippen LogP contribution in [0.2, 0.25) is 10.0 Å². The first-order chi connectivity index (χ1) is 11.5. The third kappa shape index (κ3) is 3.91. The van der Waals surface area contributed by atoms with Crippen LogP contribution in [0.25, 0.3) is 0 Å². The highest BCUT2D eigenvalue weighted by atomic mass is 35.5. The van der Waals surface area contributed by atoms with Gasteiger partial charge in [0.2, 0.25) is 0 Å². The predicted octanol–water partition coefficient (Wildman–Crippen LogP) is 4.53. The van der Waals surface area contributed by atoms with E-state index in [1.165, 1.54) is 12.1 Å². The summed E-state index contributed by atoms with van der Waals surface area (Å²) in [4.78, 5) is 14.2. The highest BCUT2D eigenvalue weighted by Gasteiger charge is 2.24. The third-order valence-electron chi connectivity index (χ3n) is 3.90. The molecule has 0 aromatic heterocycles. The van der Waals surface area contributed by atoms with Gasteiger partial charge < -0.3 is 15.5 Å². The van der Waals surface area contributed by atoms with Crippen LogP contribution in [0.3, 0.4) is 0 Å². The number of hydrogen-bond donors (Lipinski definition) is 2. The second-order valence-corrected chi connectivity index (χ2v) is 6.40. The highest BCUT2D eigenvalue weighted by Crippen LogP contribution is 2.29. The van der Waals surface area contributed by atoms with E-state index in [0.717, 1.165) is 18.7 Å². The number of nitrogens with zero attached hydrogens (tertiary/aromatic N) is 1. The average molecular weight is 368 g/mol. The van der Waals surface area contributed by atoms with Crippen LogP contribution in [-0.2, 0) is 0 Å². The van der Waals surface area contributed by atoms with Gasteiger partial charge in [-0.25, -0.2) is 9.18 Å². The number of urea groups is 1. The van der Waals surface area contributed by atoms with Crippen LogP contribution >= 0.6 is 23.2 Å². The van der Waals surface area contributed by atoms with Gasteiger partial charge >= 0.3 is 6.03 Å². The molecule has 3 rings (SSSR count). The van der Waals surface area contributed by atoms with Crippen LogP contribution in [0.15, 0.2) is 42.5 Å². The first kappa shape index (κ1) is 16.9. The molecule has 1 heterocycles. The number of amides is 2. The number of anilines is 2. The summed E-state index contributed by atoms with van der Waals surface area (Å²) in [5.41, 5.74) is 1.28. The van der Waals surface area contributed by atoms with Gasteiger partial charge in [0.1, 0.15) is 5.82 Å². The molecule has 1 fully saturated rings. The van der Waals surface area contributed by atoms with Crippen molar-refractivity contribution in [1.29, 1.82) is 0 Å². The highest BCUT2D eigenvalue weighted by molar-refractivity contribution is 6.43. The third-order valence-corrected chi connectivity index (χ3v) is 4.72. The second kappa shape index (κ2) is 7.28. The quantitative estimate of drug-likeness (QED) is 0.836. The second-order valence-electron chi connectivity index (χ2n) is 5.61. The van der Waals surface area contributed by atoms with E-state index in [1.54, 1.807) is 24.3 Å². The molecule has 0 aliphatic carbocycles. The van der Waals surface area contributed by atoms with Crippen LogP contribution in [0.4, 0.5) is 20.6 Å². The van der Waals surface area contributed by atoms with Gasteiger partial charge in [0, 0.05) is 24.8 Å². The van der Waals surface area contributed by atoms with E-state index in [1.807, 2.05) is 11.0 Å². The lowest BCUT2D eigenvalue weighted by Crippen LogP contribution is -2.39. The van der Waals surface area contributed by atoms with E-state index in [0.29, 0.717) is 22.3 Å². The molecule has 1 saturated heterocycles. The van der Waals surface area contributed by atoms with Gasteiger partial charge in [-0.15, -0.1) is 0 Å². The van der Waals surface area contributed by atoms with Crippen molar-refractivity contribution < 1.29 is 9.18 Å². The van der Waals surface area contributed by atoms with Crippen LogP contribution in [0.5, 0.6) is 0 Å². The van der Waals surface area contributed by atoms with Crippen molar-refractivity contribution in [2.24, 2.45) is 0 Å². The molecule has 2 amide bonds. The Balaban J connectivity index is 1.57. The van der Waals surface area contributed by atoms with E-state index in [9.17, 15) is 9.18 Å². The smallest absolute Gasteiger partial charge is 0.319 e. The van der Waals surface area contributed by atoms with Gasteiger partial charge in [0.25, 0.3) is 0 Å². The fraction of sp³-hybridized carbons (Fsp3) is 0.235. The molecule has 2 aromatic rings. The number of carbonyl (C=O) groups excluding carboxylic acids is 1. The van der Waals surface area contributed by atoms with Gasteiger partial charge in [-0.05, 0) is 36.8 Å². The molecule has 1 atom stereocenters. The first-order valence-electron chi connectivity index (χ1n) is 7.55. The molecule has 1 aliphatic rings. The normalized spacial score (nSPS) is 17.0. The van der Waals surface area contributed by atoms with Crippen LogP contribution < -0.4 is 15.5 Å². The molecule has 24 heavy (non-hydrogen) atoms. The molecular weight excluding hydrogens is 352 g/mol. The van der Waals surface area contributed by atoms with Crippen molar-refractivity contribution in [2.45, 2.75) is 12.5 Å². The Kier molecular flexibility index (Phi) is 5.11. The summed E-state index contributed by atoms with van der Waals surface area (Å²) in [6, 6.07) is 11.1. The van der Waals surface area contributed by atoms with Gasteiger partial charge in [0.05, 0.1) is 15.7 Å². The zero-order valence-corrected chi connectivity index (χ0v) is 14.2. The molecule has 4 nitrogen and oxygen atoms in total. The minimum atomic E-state index is -0.342. The van der Waals surface area contributed by atoms with E-state index >= 15 is 0 Å². The molecule has 0 radical (unpaired) electrons. The minimum Gasteiger partial charge on any atom is -0.369 e. The Morgan fingerprint density at radius 2 is 2.00 bits per heavy atom. The van der Waals surface area contributed by atoms with E-state index in [2.05, 4.69) is 10.6 Å². The SMILES string of the molecule is O=C(Nc1cccc(Cl)c1Cl)NC1CCN(c2cccc(F)c2)C1. The lowest BCUT2D eigenvalue weighted by atomic mass is 10.2. The lowest BCUT2D eigenvalue weighted by Gasteiger charge is -2.19. The Morgan fingerprint density at radius 3 is 2.79 bits per heavy atom. The number of benzene rings is 2. The topological polar surface area (TPSA) is 44.4 Å². The van der Waals surface area contributed by atoms with E-state index < -0.39 is 0 Å². The number of nitrogens with one attached hydrogen (secondary N) is 2. The maximum Gasteiger partial charge on any atom is 0.319 e. The molecule has 7 heteroatoms. The number of carbonyl (C=O) groups is 1. The molecular formula is C17H16Cl2FN3O. The van der Waals surface area contributed by atoms with Crippen molar-refractivity contribution in [1.82, 2.24) is 5.32 Å². The Bertz CT molecular complexity index is 756. The molecule has 0 saturated carbocycles. The Labute approximate surface area is 149 Å². The van der Waals surface area contributed by atoms with Gasteiger partial charge in [-0.3, -0.25) is 0 Å². The predicted molar refractivity (Wildman–Crippen MR) is 95.6 cm³/mol. The lowest BCUT2D eigenvalue weighted by molar-refractivity contribution is 0.249. The maximum atomic E-state index is 13.3. The van der Waals surface area contributed by atoms with Gasteiger partial charge in [-0.2, -0.15) is 0 Å². The fourth-order valence-electron chi connectivity index (χ4n) is 2.73. The van der Waals surface area contributed by atoms with Crippen molar-refractivity contribution in [2.75, 3.05) is 23.3 Å². The average Bonchev–Trinajstić information content (AvgIpc) is 3.00. The summed E-state index contributed by atoms with van der Waals surface area (Å²) in [7, 11) is 0. The van der Waals surface area contributed by atoms with Gasteiger partial charge in [-0.1, -0.05) is 35.3 Å². The molecule has 2 N–H and O–H groups in total. The molecule has 2 aromatic carbocycles. The number of halogens is 3. The van der Waals surface area contributed by atoms with Crippen molar-refractivity contribution >= 4 is 40.6 Å². The standard InChI is InChI=1S/C17H16Cl2FN3O/c18-14-5-2-6-15(16(14)19)22-17(24)21-12-7-8-23(10-12)13-4-1-3-11(20)9-13/h1-6,9,12H,7-8,10H2,(H2,21,22,24). The van der Waals surface area contributed by atoms with Gasteiger partial charge in [0.15, 0.2) is 0 Å². The zero-order valence-electron chi connectivity index (χ0n) is 12.7. The largest absolute Gasteiger partial charge is 0.369 e. The van der Waals surface area contributed by atoms with Crippen LogP contribution in [0.1, 0.15) is 6.42 Å². The minimum absolute atomic E-state index is 0.0220. The monoisotopic (exact) mass is 367 g/mol. The van der Waals surface area contributed by atoms with Crippen molar-refractivity contribution in [3.8, 4) is 0 Å². The summed E-state index contributed by atoms with van der Waals surface area (Å²) < 4.78 is 13.3. The summed E-state index contributed by atoms with van der Waals surface area (Å²) in [6.45, 7) is 1.38. The van der Waals surface area contributed by atoms with Crippen molar-refractivity contribution in [3.05, 3.63) is 58.3 Å². The Morgan fingerprint density at radius 1 is 1.21 bits per heavy atom. The van der Waals surface area contributed by atoms with E-state index in [4.69, 9.17) is 23.2 Å². The molecule has 126 valence electrons. The van der Waals surface area contributed by atoms with Crippen LogP contribution in [0, 0.1) is 5.82 Å². The first-order valence-corrected chi connectivity index (χ1v) is 8.30. The molecule has 1 aliphatic heterocycles. The van der Waals surface area contributed by atoms with E-state index in [-0.39, 0.29) is 17.9 Å². The fourth-order valence-corrected chi connectivity index (χ4v) is 3.08. The summed E-state index contributed by atoms with van der Waals surface area (Å²) in [5.74, 6) is -0.266. The van der Waals surface area contributed by atoms with Crippen LogP contribution in [-0.4, -0.2) is 25.2 Å². The van der Waals surface area contributed by atoms with Crippen molar-refractivity contribution in [3.63, 3.8) is 0 Å². The molecule has 0 bridgehead atoms. The Hall–Kier alpha value is -1.98. The summed E-state index contributed by atoms with van der Waals surface area (Å²) >= 11 is 12.0. The zero-order chi connectivity index (χ0) is 17.1. The summed E-state index contributed by atoms with van der Waals surface area (Å²) in [5, 5.41) is 6.29.